The van der Waals surface area contributed by atoms with Crippen LogP contribution in [0.25, 0.3) is 22.3 Å². The molecule has 4 rings (SSSR count). The van der Waals surface area contributed by atoms with E-state index in [9.17, 15) is 9.59 Å². The van der Waals surface area contributed by atoms with Gasteiger partial charge in [0.05, 0.1) is 10.9 Å². The largest absolute Gasteiger partial charge is 0.459 e. The van der Waals surface area contributed by atoms with Crippen molar-refractivity contribution in [2.75, 3.05) is 0 Å². The van der Waals surface area contributed by atoms with Crippen LogP contribution < -0.4 is 5.56 Å². The summed E-state index contributed by atoms with van der Waals surface area (Å²) in [5, 5.41) is 1.03. The molecule has 6 heteroatoms. The standard InChI is InChI=1S/C25H21ClN2O3/c1-2-22(25(30)31-16-17-8-4-3-5-9-17)28-23(18-12-14-19(26)15-13-18)27-21-11-7-6-10-20(21)24(28)29/h3-15,22H,2,16H2,1H3. The van der Waals surface area contributed by atoms with Crippen molar-refractivity contribution in [3.8, 4) is 11.4 Å². The molecule has 0 aliphatic carbocycles. The van der Waals surface area contributed by atoms with Crippen LogP contribution in [0.1, 0.15) is 24.9 Å². The number of ether oxygens (including phenoxy) is 1. The van der Waals surface area contributed by atoms with Crippen molar-refractivity contribution in [1.82, 2.24) is 9.55 Å². The molecular weight excluding hydrogens is 412 g/mol. The van der Waals surface area contributed by atoms with Crippen LogP contribution in [0.15, 0.2) is 83.7 Å². The fourth-order valence-corrected chi connectivity index (χ4v) is 3.64. The monoisotopic (exact) mass is 432 g/mol. The number of para-hydroxylation sites is 1. The van der Waals surface area contributed by atoms with Gasteiger partial charge >= 0.3 is 5.97 Å². The zero-order valence-electron chi connectivity index (χ0n) is 17.0. The molecule has 0 amide bonds. The van der Waals surface area contributed by atoms with E-state index in [1.54, 1.807) is 42.5 Å². The number of benzene rings is 3. The Bertz CT molecular complexity index is 1270. The number of hydrogen-bond acceptors (Lipinski definition) is 4. The van der Waals surface area contributed by atoms with Crippen molar-refractivity contribution in [2.45, 2.75) is 26.0 Å². The minimum Gasteiger partial charge on any atom is -0.459 e. The molecule has 0 bridgehead atoms. The fraction of sp³-hybridized carbons (Fsp3) is 0.160. The fourth-order valence-electron chi connectivity index (χ4n) is 3.52. The Morgan fingerprint density at radius 3 is 2.39 bits per heavy atom. The SMILES string of the molecule is CCC(C(=O)OCc1ccccc1)n1c(-c2ccc(Cl)cc2)nc2ccccc2c1=O. The lowest BCUT2D eigenvalue weighted by Gasteiger charge is -2.21. The molecule has 3 aromatic carbocycles. The van der Waals surface area contributed by atoms with Crippen molar-refractivity contribution in [3.05, 3.63) is 99.8 Å². The molecule has 4 aromatic rings. The molecule has 0 fully saturated rings. The highest BCUT2D eigenvalue weighted by molar-refractivity contribution is 6.30. The maximum Gasteiger partial charge on any atom is 0.329 e. The first-order valence-electron chi connectivity index (χ1n) is 10.1. The predicted octanol–water partition coefficient (Wildman–Crippen LogP) is 5.41. The number of halogens is 1. The van der Waals surface area contributed by atoms with Crippen molar-refractivity contribution in [1.29, 1.82) is 0 Å². The maximum atomic E-state index is 13.5. The summed E-state index contributed by atoms with van der Waals surface area (Å²) in [6.07, 6.45) is 0.383. The minimum absolute atomic E-state index is 0.141. The van der Waals surface area contributed by atoms with Gasteiger partial charge in [0.2, 0.25) is 0 Å². The van der Waals surface area contributed by atoms with Gasteiger partial charge in [-0.2, -0.15) is 0 Å². The van der Waals surface area contributed by atoms with E-state index in [1.165, 1.54) is 4.57 Å². The second-order valence-corrected chi connectivity index (χ2v) is 7.59. The normalized spacial score (nSPS) is 11.9. The average molecular weight is 433 g/mol. The van der Waals surface area contributed by atoms with E-state index in [0.29, 0.717) is 33.7 Å². The highest BCUT2D eigenvalue weighted by Gasteiger charge is 2.26. The van der Waals surface area contributed by atoms with E-state index in [2.05, 4.69) is 0 Å². The number of carbonyl (C=O) groups excluding carboxylic acids is 1. The highest BCUT2D eigenvalue weighted by Crippen LogP contribution is 2.25. The maximum absolute atomic E-state index is 13.5. The van der Waals surface area contributed by atoms with E-state index in [1.807, 2.05) is 43.3 Å². The van der Waals surface area contributed by atoms with Crippen LogP contribution in [-0.2, 0) is 16.1 Å². The second-order valence-electron chi connectivity index (χ2n) is 7.15. The van der Waals surface area contributed by atoms with Gasteiger partial charge in [-0.3, -0.25) is 9.36 Å². The summed E-state index contributed by atoms with van der Waals surface area (Å²) >= 11 is 6.04. The van der Waals surface area contributed by atoms with E-state index in [-0.39, 0.29) is 12.2 Å². The van der Waals surface area contributed by atoms with Crippen molar-refractivity contribution >= 4 is 28.5 Å². The van der Waals surface area contributed by atoms with Gasteiger partial charge in [-0.05, 0) is 48.4 Å². The predicted molar refractivity (Wildman–Crippen MR) is 122 cm³/mol. The second kappa shape index (κ2) is 9.14. The molecule has 0 aliphatic rings. The Balaban J connectivity index is 1.80. The molecule has 5 nitrogen and oxygen atoms in total. The zero-order chi connectivity index (χ0) is 21.8. The van der Waals surface area contributed by atoms with Crippen LogP contribution in [0, 0.1) is 0 Å². The van der Waals surface area contributed by atoms with Crippen LogP contribution in [0.4, 0.5) is 0 Å². The van der Waals surface area contributed by atoms with Gasteiger partial charge in [-0.1, -0.05) is 61.0 Å². The van der Waals surface area contributed by atoms with E-state index in [0.717, 1.165) is 5.56 Å². The molecule has 0 saturated carbocycles. The van der Waals surface area contributed by atoms with E-state index >= 15 is 0 Å². The summed E-state index contributed by atoms with van der Waals surface area (Å²) < 4.78 is 7.01. The Hall–Kier alpha value is -3.44. The van der Waals surface area contributed by atoms with Crippen molar-refractivity contribution in [2.24, 2.45) is 0 Å². The summed E-state index contributed by atoms with van der Waals surface area (Å²) in [6, 6.07) is 22.8. The van der Waals surface area contributed by atoms with Crippen molar-refractivity contribution in [3.63, 3.8) is 0 Å². The Kier molecular flexibility index (Phi) is 6.14. The molecule has 1 aromatic heterocycles. The molecule has 156 valence electrons. The molecule has 0 spiro atoms. The van der Waals surface area contributed by atoms with Crippen LogP contribution in [0.5, 0.6) is 0 Å². The van der Waals surface area contributed by atoms with E-state index in [4.69, 9.17) is 21.3 Å². The third kappa shape index (κ3) is 4.37. The smallest absolute Gasteiger partial charge is 0.329 e. The molecule has 1 unspecified atom stereocenters. The number of nitrogens with zero attached hydrogens (tertiary/aromatic N) is 2. The molecule has 1 atom stereocenters. The average Bonchev–Trinajstić information content (AvgIpc) is 2.80. The summed E-state index contributed by atoms with van der Waals surface area (Å²) in [5.74, 6) is -0.0652. The van der Waals surface area contributed by atoms with Gasteiger partial charge < -0.3 is 4.74 Å². The molecule has 31 heavy (non-hydrogen) atoms. The lowest BCUT2D eigenvalue weighted by atomic mass is 10.1. The third-order valence-electron chi connectivity index (χ3n) is 5.10. The van der Waals surface area contributed by atoms with Gasteiger partial charge in [-0.25, -0.2) is 9.78 Å². The summed E-state index contributed by atoms with van der Waals surface area (Å²) in [7, 11) is 0. The molecule has 0 saturated heterocycles. The van der Waals surface area contributed by atoms with Gasteiger partial charge in [0.25, 0.3) is 5.56 Å². The number of esters is 1. The van der Waals surface area contributed by atoms with Crippen molar-refractivity contribution < 1.29 is 9.53 Å². The van der Waals surface area contributed by atoms with Gasteiger partial charge in [0, 0.05) is 10.6 Å². The van der Waals surface area contributed by atoms with Gasteiger partial charge in [0.1, 0.15) is 18.5 Å². The van der Waals surface area contributed by atoms with Crippen LogP contribution in [-0.4, -0.2) is 15.5 Å². The van der Waals surface area contributed by atoms with Crippen LogP contribution in [0.3, 0.4) is 0 Å². The number of fused-ring (bicyclic) bond motifs is 1. The molecule has 0 N–H and O–H groups in total. The van der Waals surface area contributed by atoms with Gasteiger partial charge in [0.15, 0.2) is 0 Å². The van der Waals surface area contributed by atoms with Gasteiger partial charge in [-0.15, -0.1) is 0 Å². The lowest BCUT2D eigenvalue weighted by molar-refractivity contribution is -0.149. The Morgan fingerprint density at radius 2 is 1.68 bits per heavy atom. The number of aromatic nitrogens is 2. The quantitative estimate of drug-likeness (QED) is 0.382. The first-order valence-corrected chi connectivity index (χ1v) is 10.4. The minimum atomic E-state index is -0.806. The number of rotatable bonds is 6. The summed E-state index contributed by atoms with van der Waals surface area (Å²) in [5.41, 5.74) is 1.87. The summed E-state index contributed by atoms with van der Waals surface area (Å²) in [6.45, 7) is 1.99. The topological polar surface area (TPSA) is 61.2 Å². The first-order chi connectivity index (χ1) is 15.1. The van der Waals surface area contributed by atoms with Crippen LogP contribution >= 0.6 is 11.6 Å². The molecule has 1 heterocycles. The van der Waals surface area contributed by atoms with Crippen LogP contribution in [0.2, 0.25) is 5.02 Å². The molecule has 0 aliphatic heterocycles. The zero-order valence-corrected chi connectivity index (χ0v) is 17.8. The summed E-state index contributed by atoms with van der Waals surface area (Å²) in [4.78, 5) is 31.2. The lowest BCUT2D eigenvalue weighted by Crippen LogP contribution is -2.33. The molecule has 0 radical (unpaired) electrons. The Labute approximate surface area is 184 Å². The highest BCUT2D eigenvalue weighted by atomic mass is 35.5. The van der Waals surface area contributed by atoms with E-state index < -0.39 is 12.0 Å². The Morgan fingerprint density at radius 1 is 1.00 bits per heavy atom. The number of hydrogen-bond donors (Lipinski definition) is 0. The molecular formula is C25H21ClN2O3. The first kappa shape index (κ1) is 20.8. The third-order valence-corrected chi connectivity index (χ3v) is 5.36. The number of carbonyl (C=O) groups is 1.